The van der Waals surface area contributed by atoms with Crippen molar-refractivity contribution in [3.05, 3.63) is 35.5 Å². The van der Waals surface area contributed by atoms with Crippen molar-refractivity contribution in [1.82, 2.24) is 14.9 Å². The fourth-order valence-electron chi connectivity index (χ4n) is 1.14. The van der Waals surface area contributed by atoms with Crippen LogP contribution in [-0.2, 0) is 16.6 Å². The first-order valence-electron chi connectivity index (χ1n) is 4.68. The van der Waals surface area contributed by atoms with E-state index in [0.29, 0.717) is 11.4 Å². The summed E-state index contributed by atoms with van der Waals surface area (Å²) in [6, 6.07) is 4.81. The minimum absolute atomic E-state index is 0.105. The van der Waals surface area contributed by atoms with E-state index in [9.17, 15) is 8.42 Å². The summed E-state index contributed by atoms with van der Waals surface area (Å²) in [4.78, 5) is 0. The average molecular weight is 270 g/mol. The molecule has 8 heteroatoms. The van der Waals surface area contributed by atoms with Gasteiger partial charge in [-0.2, -0.15) is 10.2 Å². The molecule has 2 heterocycles. The molecule has 0 saturated heterocycles. The minimum Gasteiger partial charge on any atom is -0.398 e. The second-order valence-corrected chi connectivity index (χ2v) is 6.14. The molecule has 0 spiro atoms. The summed E-state index contributed by atoms with van der Waals surface area (Å²) in [6.45, 7) is 0.105. The Morgan fingerprint density at radius 1 is 1.47 bits per heavy atom. The van der Waals surface area contributed by atoms with E-state index < -0.39 is 10.0 Å². The molecule has 0 amide bonds. The molecule has 0 saturated carbocycles. The highest BCUT2D eigenvalue weighted by Crippen LogP contribution is 2.21. The fourth-order valence-corrected chi connectivity index (χ4v) is 3.26. The Kier molecular flexibility index (Phi) is 3.36. The van der Waals surface area contributed by atoms with Crippen molar-refractivity contribution in [2.75, 3.05) is 5.73 Å². The zero-order valence-electron chi connectivity index (χ0n) is 8.70. The SMILES string of the molecule is Nc1csc(S(=O)(=O)NCc2cccnn2)c1. The number of rotatable bonds is 4. The van der Waals surface area contributed by atoms with Gasteiger partial charge in [-0.05, 0) is 18.2 Å². The zero-order valence-corrected chi connectivity index (χ0v) is 10.3. The molecule has 6 nitrogen and oxygen atoms in total. The largest absolute Gasteiger partial charge is 0.398 e. The topological polar surface area (TPSA) is 98.0 Å². The van der Waals surface area contributed by atoms with Crippen molar-refractivity contribution >= 4 is 27.0 Å². The van der Waals surface area contributed by atoms with Crippen molar-refractivity contribution < 1.29 is 8.42 Å². The van der Waals surface area contributed by atoms with Gasteiger partial charge in [0.2, 0.25) is 10.0 Å². The Morgan fingerprint density at radius 2 is 2.29 bits per heavy atom. The molecule has 0 aromatic carbocycles. The molecule has 0 fully saturated rings. The van der Waals surface area contributed by atoms with E-state index in [1.165, 1.54) is 12.3 Å². The van der Waals surface area contributed by atoms with Gasteiger partial charge in [0.05, 0.1) is 12.2 Å². The van der Waals surface area contributed by atoms with Gasteiger partial charge in [0.1, 0.15) is 4.21 Å². The molecule has 0 unspecified atom stereocenters. The predicted molar refractivity (Wildman–Crippen MR) is 64.8 cm³/mol. The van der Waals surface area contributed by atoms with Crippen molar-refractivity contribution in [1.29, 1.82) is 0 Å². The van der Waals surface area contributed by atoms with E-state index in [2.05, 4.69) is 14.9 Å². The van der Waals surface area contributed by atoms with E-state index in [4.69, 9.17) is 5.73 Å². The number of nitrogen functional groups attached to an aromatic ring is 1. The number of nitrogens with zero attached hydrogens (tertiary/aromatic N) is 2. The maximum Gasteiger partial charge on any atom is 0.250 e. The van der Waals surface area contributed by atoms with Gasteiger partial charge in [0.15, 0.2) is 0 Å². The number of hydrogen-bond donors (Lipinski definition) is 2. The van der Waals surface area contributed by atoms with Gasteiger partial charge in [-0.25, -0.2) is 13.1 Å². The molecular weight excluding hydrogens is 260 g/mol. The van der Waals surface area contributed by atoms with E-state index in [1.807, 2.05) is 0 Å². The molecule has 0 aliphatic heterocycles. The summed E-state index contributed by atoms with van der Waals surface area (Å²) in [6.07, 6.45) is 1.53. The van der Waals surface area contributed by atoms with Crippen LogP contribution >= 0.6 is 11.3 Å². The summed E-state index contributed by atoms with van der Waals surface area (Å²) in [5.74, 6) is 0. The average Bonchev–Trinajstić information content (AvgIpc) is 2.76. The molecule has 0 aliphatic rings. The highest BCUT2D eigenvalue weighted by Gasteiger charge is 2.16. The Morgan fingerprint density at radius 3 is 2.88 bits per heavy atom. The summed E-state index contributed by atoms with van der Waals surface area (Å²) in [5.41, 5.74) is 6.47. The van der Waals surface area contributed by atoms with E-state index in [-0.39, 0.29) is 10.8 Å². The van der Waals surface area contributed by atoms with Crippen molar-refractivity contribution in [2.24, 2.45) is 0 Å². The molecule has 2 aromatic heterocycles. The van der Waals surface area contributed by atoms with Crippen LogP contribution in [0.2, 0.25) is 0 Å². The second kappa shape index (κ2) is 4.78. The Hall–Kier alpha value is -1.51. The van der Waals surface area contributed by atoms with Gasteiger partial charge in [0.25, 0.3) is 0 Å². The van der Waals surface area contributed by atoms with Gasteiger partial charge in [-0.1, -0.05) is 0 Å². The molecule has 17 heavy (non-hydrogen) atoms. The fraction of sp³-hybridized carbons (Fsp3) is 0.111. The van der Waals surface area contributed by atoms with Crippen LogP contribution in [0.1, 0.15) is 5.69 Å². The van der Waals surface area contributed by atoms with E-state index in [0.717, 1.165) is 11.3 Å². The maximum atomic E-state index is 11.8. The first kappa shape index (κ1) is 12.0. The summed E-state index contributed by atoms with van der Waals surface area (Å²) >= 11 is 1.08. The molecule has 90 valence electrons. The smallest absolute Gasteiger partial charge is 0.250 e. The lowest BCUT2D eigenvalue weighted by molar-refractivity contribution is 0.582. The third-order valence-electron chi connectivity index (χ3n) is 1.93. The van der Waals surface area contributed by atoms with Crippen LogP contribution in [0.3, 0.4) is 0 Å². The third kappa shape index (κ3) is 2.99. The lowest BCUT2D eigenvalue weighted by Crippen LogP contribution is -2.23. The van der Waals surface area contributed by atoms with Gasteiger partial charge >= 0.3 is 0 Å². The highest BCUT2D eigenvalue weighted by atomic mass is 32.2. The van der Waals surface area contributed by atoms with Crippen molar-refractivity contribution in [2.45, 2.75) is 10.8 Å². The Labute approximate surface area is 103 Å². The Bertz CT molecular complexity index is 594. The van der Waals surface area contributed by atoms with E-state index in [1.54, 1.807) is 17.5 Å². The molecule has 0 atom stereocenters. The van der Waals surface area contributed by atoms with Crippen LogP contribution in [0.5, 0.6) is 0 Å². The highest BCUT2D eigenvalue weighted by molar-refractivity contribution is 7.91. The maximum absolute atomic E-state index is 11.8. The minimum atomic E-state index is -3.52. The van der Waals surface area contributed by atoms with Crippen molar-refractivity contribution in [3.8, 4) is 0 Å². The molecule has 3 N–H and O–H groups in total. The molecule has 2 rings (SSSR count). The second-order valence-electron chi connectivity index (χ2n) is 3.24. The monoisotopic (exact) mass is 270 g/mol. The standard InChI is InChI=1S/C9H10N4O2S2/c10-7-4-9(16-6-7)17(14,15)12-5-8-2-1-3-11-13-8/h1-4,6,12H,5,10H2. The van der Waals surface area contributed by atoms with Crippen molar-refractivity contribution in [3.63, 3.8) is 0 Å². The Balaban J connectivity index is 2.09. The van der Waals surface area contributed by atoms with Gasteiger partial charge in [-0.3, -0.25) is 0 Å². The molecule has 0 radical (unpaired) electrons. The number of sulfonamides is 1. The van der Waals surface area contributed by atoms with Crippen LogP contribution in [0.4, 0.5) is 5.69 Å². The van der Waals surface area contributed by atoms with Crippen LogP contribution in [0.15, 0.2) is 34.0 Å². The molecular formula is C9H10N4O2S2. The number of thiophene rings is 1. The van der Waals surface area contributed by atoms with Gasteiger partial charge < -0.3 is 5.73 Å². The molecule has 2 aromatic rings. The summed E-state index contributed by atoms with van der Waals surface area (Å²) < 4.78 is 26.3. The first-order valence-corrected chi connectivity index (χ1v) is 7.04. The number of anilines is 1. The number of nitrogens with one attached hydrogen (secondary N) is 1. The summed E-state index contributed by atoms with van der Waals surface area (Å²) in [7, 11) is -3.52. The number of hydrogen-bond acceptors (Lipinski definition) is 6. The van der Waals surface area contributed by atoms with Gasteiger partial charge in [0, 0.05) is 17.3 Å². The summed E-state index contributed by atoms with van der Waals surface area (Å²) in [5, 5.41) is 9.02. The number of aromatic nitrogens is 2. The lowest BCUT2D eigenvalue weighted by atomic mass is 10.4. The van der Waals surface area contributed by atoms with Crippen LogP contribution < -0.4 is 10.5 Å². The normalized spacial score (nSPS) is 11.5. The molecule has 0 bridgehead atoms. The van der Waals surface area contributed by atoms with E-state index >= 15 is 0 Å². The quantitative estimate of drug-likeness (QED) is 0.847. The first-order chi connectivity index (χ1) is 8.08. The van der Waals surface area contributed by atoms with Crippen LogP contribution in [0, 0.1) is 0 Å². The van der Waals surface area contributed by atoms with Crippen LogP contribution in [0.25, 0.3) is 0 Å². The van der Waals surface area contributed by atoms with Gasteiger partial charge in [-0.15, -0.1) is 11.3 Å². The predicted octanol–water partition coefficient (Wildman–Crippen LogP) is 0.599. The molecule has 0 aliphatic carbocycles. The van der Waals surface area contributed by atoms with Crippen LogP contribution in [-0.4, -0.2) is 18.6 Å². The zero-order chi connectivity index (χ0) is 12.3. The number of nitrogens with two attached hydrogens (primary N) is 1. The lowest BCUT2D eigenvalue weighted by Gasteiger charge is -2.03. The third-order valence-corrected chi connectivity index (χ3v) is 4.79.